The fraction of sp³-hybridized carbons (Fsp3) is 0.286. The van der Waals surface area contributed by atoms with Crippen molar-refractivity contribution in [3.05, 3.63) is 46.4 Å². The molecule has 0 aromatic carbocycles. The van der Waals surface area contributed by atoms with Crippen molar-refractivity contribution in [1.29, 1.82) is 0 Å². The molecule has 4 nitrogen and oxygen atoms in total. The standard InChI is InChI=1S/C14H12ClF3N4/c15-10-5-8(14(16,17)18)6-21-13(10)22-4-2-12-9(7-22)11(19)1-3-20-12/h1,3,5-6H,2,4,7H2,(H2,19,20). The van der Waals surface area contributed by atoms with Crippen LogP contribution in [0.1, 0.15) is 16.8 Å². The normalized spacial score (nSPS) is 14.8. The number of nitrogen functional groups attached to an aromatic ring is 1. The van der Waals surface area contributed by atoms with Crippen molar-refractivity contribution in [2.45, 2.75) is 19.1 Å². The minimum Gasteiger partial charge on any atom is -0.398 e. The van der Waals surface area contributed by atoms with Crippen LogP contribution in [0.5, 0.6) is 0 Å². The van der Waals surface area contributed by atoms with Crippen LogP contribution in [0.3, 0.4) is 0 Å². The van der Waals surface area contributed by atoms with E-state index >= 15 is 0 Å². The summed E-state index contributed by atoms with van der Waals surface area (Å²) in [6.07, 6.45) is -1.38. The second-order valence-electron chi connectivity index (χ2n) is 5.02. The van der Waals surface area contributed by atoms with Gasteiger partial charge in [-0.25, -0.2) is 4.98 Å². The molecule has 3 heterocycles. The average molecular weight is 329 g/mol. The highest BCUT2D eigenvalue weighted by atomic mass is 35.5. The van der Waals surface area contributed by atoms with Crippen molar-refractivity contribution >= 4 is 23.1 Å². The van der Waals surface area contributed by atoms with Gasteiger partial charge in [0.25, 0.3) is 0 Å². The molecular weight excluding hydrogens is 317 g/mol. The molecule has 0 atom stereocenters. The van der Waals surface area contributed by atoms with E-state index in [0.717, 1.165) is 23.5 Å². The zero-order valence-corrected chi connectivity index (χ0v) is 12.1. The highest BCUT2D eigenvalue weighted by molar-refractivity contribution is 6.33. The van der Waals surface area contributed by atoms with E-state index in [4.69, 9.17) is 17.3 Å². The van der Waals surface area contributed by atoms with Gasteiger partial charge >= 0.3 is 6.18 Å². The van der Waals surface area contributed by atoms with Gasteiger partial charge in [0.1, 0.15) is 5.82 Å². The van der Waals surface area contributed by atoms with E-state index in [1.165, 1.54) is 0 Å². The van der Waals surface area contributed by atoms with E-state index in [1.807, 2.05) is 4.90 Å². The van der Waals surface area contributed by atoms with Crippen molar-refractivity contribution < 1.29 is 13.2 Å². The Labute approximate surface area is 129 Å². The number of halogens is 4. The number of anilines is 2. The predicted molar refractivity (Wildman–Crippen MR) is 77.7 cm³/mol. The molecule has 3 rings (SSSR count). The molecule has 0 amide bonds. The Balaban J connectivity index is 1.92. The smallest absolute Gasteiger partial charge is 0.398 e. The van der Waals surface area contributed by atoms with Crippen molar-refractivity contribution in [1.82, 2.24) is 9.97 Å². The summed E-state index contributed by atoms with van der Waals surface area (Å²) >= 11 is 5.98. The first-order valence-corrected chi connectivity index (χ1v) is 6.94. The molecule has 0 saturated carbocycles. The third kappa shape index (κ3) is 2.68. The average Bonchev–Trinajstić information content (AvgIpc) is 2.46. The van der Waals surface area contributed by atoms with Crippen LogP contribution >= 0.6 is 11.6 Å². The molecular formula is C14H12ClF3N4. The number of hydrogen-bond acceptors (Lipinski definition) is 4. The van der Waals surface area contributed by atoms with Gasteiger partial charge in [0.05, 0.1) is 10.6 Å². The van der Waals surface area contributed by atoms with Crippen LogP contribution in [-0.4, -0.2) is 16.5 Å². The van der Waals surface area contributed by atoms with E-state index in [2.05, 4.69) is 9.97 Å². The Morgan fingerprint density at radius 3 is 2.73 bits per heavy atom. The second-order valence-corrected chi connectivity index (χ2v) is 5.43. The summed E-state index contributed by atoms with van der Waals surface area (Å²) in [7, 11) is 0. The van der Waals surface area contributed by atoms with Gasteiger partial charge in [-0.1, -0.05) is 11.6 Å². The number of aromatic nitrogens is 2. The molecule has 2 aromatic heterocycles. The van der Waals surface area contributed by atoms with Gasteiger partial charge in [-0.2, -0.15) is 13.2 Å². The molecule has 1 aliphatic heterocycles. The van der Waals surface area contributed by atoms with Crippen molar-refractivity contribution in [3.63, 3.8) is 0 Å². The third-order valence-electron chi connectivity index (χ3n) is 3.60. The molecule has 0 spiro atoms. The van der Waals surface area contributed by atoms with Crippen LogP contribution in [0, 0.1) is 0 Å². The van der Waals surface area contributed by atoms with Crippen LogP contribution in [0.4, 0.5) is 24.7 Å². The maximum absolute atomic E-state index is 12.7. The lowest BCUT2D eigenvalue weighted by Gasteiger charge is -2.30. The Bertz CT molecular complexity index is 718. The highest BCUT2D eigenvalue weighted by Crippen LogP contribution is 2.35. The second kappa shape index (κ2) is 5.31. The van der Waals surface area contributed by atoms with Crippen molar-refractivity contribution in [2.75, 3.05) is 17.2 Å². The molecule has 0 fully saturated rings. The number of rotatable bonds is 1. The zero-order valence-electron chi connectivity index (χ0n) is 11.4. The summed E-state index contributed by atoms with van der Waals surface area (Å²) in [5.41, 5.74) is 7.45. The zero-order chi connectivity index (χ0) is 15.9. The number of nitrogens with zero attached hydrogens (tertiary/aromatic N) is 3. The molecule has 0 bridgehead atoms. The van der Waals surface area contributed by atoms with Crippen LogP contribution in [0.2, 0.25) is 5.02 Å². The molecule has 2 aromatic rings. The number of nitrogens with two attached hydrogens (primary N) is 1. The lowest BCUT2D eigenvalue weighted by Crippen LogP contribution is -2.32. The first-order chi connectivity index (χ1) is 10.4. The maximum Gasteiger partial charge on any atom is 0.417 e. The fourth-order valence-electron chi connectivity index (χ4n) is 2.46. The van der Waals surface area contributed by atoms with Gasteiger partial charge in [0.2, 0.25) is 0 Å². The first-order valence-electron chi connectivity index (χ1n) is 6.56. The van der Waals surface area contributed by atoms with Gasteiger partial charge in [0, 0.05) is 48.8 Å². The SMILES string of the molecule is Nc1ccnc2c1CN(c1ncc(C(F)(F)F)cc1Cl)CC2. The summed E-state index contributed by atoms with van der Waals surface area (Å²) in [4.78, 5) is 9.96. The molecule has 8 heteroatoms. The van der Waals surface area contributed by atoms with E-state index in [1.54, 1.807) is 12.3 Å². The summed E-state index contributed by atoms with van der Waals surface area (Å²) in [5, 5.41) is -0.0271. The minimum atomic E-state index is -4.46. The van der Waals surface area contributed by atoms with Gasteiger partial charge in [-0.3, -0.25) is 4.98 Å². The summed E-state index contributed by atoms with van der Waals surface area (Å²) < 4.78 is 38.0. The molecule has 0 saturated heterocycles. The first kappa shape index (κ1) is 14.9. The predicted octanol–water partition coefficient (Wildman–Crippen LogP) is 3.29. The lowest BCUT2D eigenvalue weighted by molar-refractivity contribution is -0.137. The van der Waals surface area contributed by atoms with Crippen molar-refractivity contribution in [2.24, 2.45) is 0 Å². The maximum atomic E-state index is 12.7. The third-order valence-corrected chi connectivity index (χ3v) is 3.88. The Hall–Kier alpha value is -2.02. The van der Waals surface area contributed by atoms with Crippen LogP contribution in [0.15, 0.2) is 24.5 Å². The largest absolute Gasteiger partial charge is 0.417 e. The monoisotopic (exact) mass is 328 g/mol. The van der Waals surface area contributed by atoms with Gasteiger partial charge in [-0.15, -0.1) is 0 Å². The van der Waals surface area contributed by atoms with Crippen LogP contribution < -0.4 is 10.6 Å². The van der Waals surface area contributed by atoms with Gasteiger partial charge in [0.15, 0.2) is 0 Å². The molecule has 0 aliphatic carbocycles. The Morgan fingerprint density at radius 2 is 2.05 bits per heavy atom. The number of hydrogen-bond donors (Lipinski definition) is 1. The van der Waals surface area contributed by atoms with Gasteiger partial charge < -0.3 is 10.6 Å². The summed E-state index contributed by atoms with van der Waals surface area (Å²) in [6.45, 7) is 0.995. The lowest BCUT2D eigenvalue weighted by atomic mass is 10.0. The number of pyridine rings is 2. The molecule has 22 heavy (non-hydrogen) atoms. The van der Waals surface area contributed by atoms with Gasteiger partial charge in [-0.05, 0) is 12.1 Å². The van der Waals surface area contributed by atoms with Crippen LogP contribution in [0.25, 0.3) is 0 Å². The Kier molecular flexibility index (Phi) is 3.60. The molecule has 2 N–H and O–H groups in total. The summed E-state index contributed by atoms with van der Waals surface area (Å²) in [6, 6.07) is 2.59. The molecule has 116 valence electrons. The topological polar surface area (TPSA) is 55.0 Å². The van der Waals surface area contributed by atoms with Crippen LogP contribution in [-0.2, 0) is 19.1 Å². The highest BCUT2D eigenvalue weighted by Gasteiger charge is 2.32. The molecule has 0 radical (unpaired) electrons. The van der Waals surface area contributed by atoms with E-state index in [9.17, 15) is 13.2 Å². The minimum absolute atomic E-state index is 0.0271. The summed E-state index contributed by atoms with van der Waals surface area (Å²) in [5.74, 6) is 0.323. The quantitative estimate of drug-likeness (QED) is 0.872. The fourth-order valence-corrected chi connectivity index (χ4v) is 2.75. The number of alkyl halides is 3. The molecule has 0 unspecified atom stereocenters. The Morgan fingerprint density at radius 1 is 1.27 bits per heavy atom. The molecule has 1 aliphatic rings. The van der Waals surface area contributed by atoms with E-state index < -0.39 is 11.7 Å². The van der Waals surface area contributed by atoms with Crippen molar-refractivity contribution in [3.8, 4) is 0 Å². The van der Waals surface area contributed by atoms with E-state index in [0.29, 0.717) is 31.0 Å². The number of fused-ring (bicyclic) bond motifs is 1. The van der Waals surface area contributed by atoms with E-state index in [-0.39, 0.29) is 5.02 Å².